The van der Waals surface area contributed by atoms with Crippen LogP contribution < -0.4 is 11.1 Å². The summed E-state index contributed by atoms with van der Waals surface area (Å²) in [4.78, 5) is 15.8. The second-order valence-corrected chi connectivity index (χ2v) is 5.91. The number of carbonyl (C=O) groups excluding carboxylic acids is 1. The Morgan fingerprint density at radius 2 is 2.29 bits per heavy atom. The minimum absolute atomic E-state index is 0.0665. The SMILES string of the molecule is Cc1csc(CCNC(=O)CCC(C)(C)N)n1. The molecule has 96 valence electrons. The molecule has 5 heteroatoms. The van der Waals surface area contributed by atoms with Gasteiger partial charge in [0.1, 0.15) is 0 Å². The first-order chi connectivity index (χ1) is 7.87. The van der Waals surface area contributed by atoms with E-state index in [1.807, 2.05) is 26.2 Å². The molecule has 17 heavy (non-hydrogen) atoms. The van der Waals surface area contributed by atoms with Gasteiger partial charge in [0.25, 0.3) is 0 Å². The van der Waals surface area contributed by atoms with E-state index in [1.165, 1.54) is 0 Å². The van der Waals surface area contributed by atoms with Crippen molar-refractivity contribution < 1.29 is 4.79 Å². The van der Waals surface area contributed by atoms with Crippen molar-refractivity contribution in [2.75, 3.05) is 6.54 Å². The fourth-order valence-corrected chi connectivity index (χ4v) is 2.13. The molecule has 1 amide bonds. The molecule has 1 aromatic rings. The zero-order valence-corrected chi connectivity index (χ0v) is 11.6. The highest BCUT2D eigenvalue weighted by molar-refractivity contribution is 7.09. The van der Waals surface area contributed by atoms with Crippen molar-refractivity contribution in [3.05, 3.63) is 16.1 Å². The maximum absolute atomic E-state index is 11.5. The molecular formula is C12H21N3OS. The summed E-state index contributed by atoms with van der Waals surface area (Å²) in [6.07, 6.45) is 1.99. The molecule has 1 rings (SSSR count). The zero-order chi connectivity index (χ0) is 12.9. The molecule has 1 heterocycles. The molecule has 4 nitrogen and oxygen atoms in total. The van der Waals surface area contributed by atoms with E-state index >= 15 is 0 Å². The monoisotopic (exact) mass is 255 g/mol. The summed E-state index contributed by atoms with van der Waals surface area (Å²) in [7, 11) is 0. The van der Waals surface area contributed by atoms with Gasteiger partial charge in [-0.05, 0) is 27.2 Å². The van der Waals surface area contributed by atoms with Crippen LogP contribution in [0.15, 0.2) is 5.38 Å². The Labute approximate surface area is 107 Å². The summed E-state index contributed by atoms with van der Waals surface area (Å²) in [5, 5.41) is 5.98. The van der Waals surface area contributed by atoms with Gasteiger partial charge < -0.3 is 11.1 Å². The number of thiazole rings is 1. The van der Waals surface area contributed by atoms with Gasteiger partial charge in [-0.15, -0.1) is 11.3 Å². The van der Waals surface area contributed by atoms with Crippen molar-refractivity contribution in [1.29, 1.82) is 0 Å². The number of carbonyl (C=O) groups is 1. The average Bonchev–Trinajstić information content (AvgIpc) is 2.60. The molecule has 3 N–H and O–H groups in total. The van der Waals surface area contributed by atoms with Crippen LogP contribution in [0.25, 0.3) is 0 Å². The molecule has 0 atom stereocenters. The van der Waals surface area contributed by atoms with Gasteiger partial charge in [-0.1, -0.05) is 0 Å². The third-order valence-electron chi connectivity index (χ3n) is 2.32. The highest BCUT2D eigenvalue weighted by Gasteiger charge is 2.12. The first kappa shape index (κ1) is 14.1. The number of rotatable bonds is 6. The molecule has 0 saturated carbocycles. The third-order valence-corrected chi connectivity index (χ3v) is 3.35. The van der Waals surface area contributed by atoms with Crippen LogP contribution in [-0.4, -0.2) is 23.0 Å². The Balaban J connectivity index is 2.16. The second kappa shape index (κ2) is 6.12. The predicted molar refractivity (Wildman–Crippen MR) is 71.1 cm³/mol. The number of hydrogen-bond donors (Lipinski definition) is 2. The van der Waals surface area contributed by atoms with Crippen molar-refractivity contribution in [1.82, 2.24) is 10.3 Å². The van der Waals surface area contributed by atoms with Crippen LogP contribution in [0.5, 0.6) is 0 Å². The number of aryl methyl sites for hydroxylation is 1. The fraction of sp³-hybridized carbons (Fsp3) is 0.667. The first-order valence-corrected chi connectivity index (χ1v) is 6.71. The molecule has 0 saturated heterocycles. The van der Waals surface area contributed by atoms with Gasteiger partial charge in [-0.25, -0.2) is 4.98 Å². The van der Waals surface area contributed by atoms with Gasteiger partial charge in [-0.3, -0.25) is 4.79 Å². The van der Waals surface area contributed by atoms with Crippen LogP contribution in [-0.2, 0) is 11.2 Å². The number of amides is 1. The lowest BCUT2D eigenvalue weighted by atomic mass is 10.00. The normalized spacial score (nSPS) is 11.5. The summed E-state index contributed by atoms with van der Waals surface area (Å²) < 4.78 is 0. The lowest BCUT2D eigenvalue weighted by molar-refractivity contribution is -0.121. The first-order valence-electron chi connectivity index (χ1n) is 5.83. The van der Waals surface area contributed by atoms with Crippen molar-refractivity contribution in [2.24, 2.45) is 5.73 Å². The molecule has 0 radical (unpaired) electrons. The Kier molecular flexibility index (Phi) is 5.08. The number of nitrogens with two attached hydrogens (primary N) is 1. The van der Waals surface area contributed by atoms with Crippen LogP contribution in [0, 0.1) is 6.92 Å². The molecule has 0 aromatic carbocycles. The van der Waals surface area contributed by atoms with E-state index in [0.717, 1.165) is 17.1 Å². The summed E-state index contributed by atoms with van der Waals surface area (Å²) in [5.41, 5.74) is 6.59. The highest BCUT2D eigenvalue weighted by atomic mass is 32.1. The molecule has 0 spiro atoms. The Hall–Kier alpha value is -0.940. The van der Waals surface area contributed by atoms with Gasteiger partial charge in [0.05, 0.1) is 5.01 Å². The van der Waals surface area contributed by atoms with Gasteiger partial charge >= 0.3 is 0 Å². The van der Waals surface area contributed by atoms with Crippen LogP contribution in [0.1, 0.15) is 37.4 Å². The molecule has 0 fully saturated rings. The van der Waals surface area contributed by atoms with Crippen molar-refractivity contribution >= 4 is 17.2 Å². The van der Waals surface area contributed by atoms with Gasteiger partial charge in [0.15, 0.2) is 0 Å². The van der Waals surface area contributed by atoms with Gasteiger partial charge in [0, 0.05) is 36.0 Å². The van der Waals surface area contributed by atoms with Gasteiger partial charge in [-0.2, -0.15) is 0 Å². The maximum Gasteiger partial charge on any atom is 0.220 e. The number of hydrogen-bond acceptors (Lipinski definition) is 4. The summed E-state index contributed by atoms with van der Waals surface area (Å²) in [6.45, 7) is 6.48. The topological polar surface area (TPSA) is 68.0 Å². The van der Waals surface area contributed by atoms with Crippen LogP contribution >= 0.6 is 11.3 Å². The Morgan fingerprint density at radius 1 is 1.59 bits per heavy atom. The summed E-state index contributed by atoms with van der Waals surface area (Å²) in [5.74, 6) is 0.0665. The quantitative estimate of drug-likeness (QED) is 0.812. The van der Waals surface area contributed by atoms with E-state index in [9.17, 15) is 4.79 Å². The van der Waals surface area contributed by atoms with E-state index in [4.69, 9.17) is 5.73 Å². The summed E-state index contributed by atoms with van der Waals surface area (Å²) >= 11 is 1.64. The largest absolute Gasteiger partial charge is 0.356 e. The second-order valence-electron chi connectivity index (χ2n) is 4.97. The Morgan fingerprint density at radius 3 is 2.82 bits per heavy atom. The van der Waals surface area contributed by atoms with E-state index < -0.39 is 0 Å². The van der Waals surface area contributed by atoms with Crippen LogP contribution in [0.4, 0.5) is 0 Å². The van der Waals surface area contributed by atoms with E-state index in [-0.39, 0.29) is 11.4 Å². The number of nitrogens with zero attached hydrogens (tertiary/aromatic N) is 1. The highest BCUT2D eigenvalue weighted by Crippen LogP contribution is 2.09. The van der Waals surface area contributed by atoms with E-state index in [1.54, 1.807) is 11.3 Å². The fourth-order valence-electron chi connectivity index (χ4n) is 1.35. The summed E-state index contributed by atoms with van der Waals surface area (Å²) in [6, 6.07) is 0. The predicted octanol–water partition coefficient (Wildman–Crippen LogP) is 1.63. The van der Waals surface area contributed by atoms with E-state index in [2.05, 4.69) is 10.3 Å². The Bertz CT molecular complexity index is 368. The van der Waals surface area contributed by atoms with Crippen molar-refractivity contribution in [3.8, 4) is 0 Å². The smallest absolute Gasteiger partial charge is 0.220 e. The number of aromatic nitrogens is 1. The molecule has 1 aromatic heterocycles. The lowest BCUT2D eigenvalue weighted by Gasteiger charge is -2.17. The third kappa shape index (κ3) is 6.38. The molecule has 0 unspecified atom stereocenters. The zero-order valence-electron chi connectivity index (χ0n) is 10.7. The minimum atomic E-state index is -0.274. The molecule has 0 aliphatic rings. The van der Waals surface area contributed by atoms with E-state index in [0.29, 0.717) is 19.4 Å². The maximum atomic E-state index is 11.5. The standard InChI is InChI=1S/C12H21N3OS/c1-9-8-17-11(15-9)5-7-14-10(16)4-6-12(2,3)13/h8H,4-7,13H2,1-3H3,(H,14,16). The van der Waals surface area contributed by atoms with Crippen molar-refractivity contribution in [2.45, 2.75) is 45.6 Å². The molecule has 0 aliphatic heterocycles. The molecule has 0 bridgehead atoms. The minimum Gasteiger partial charge on any atom is -0.356 e. The van der Waals surface area contributed by atoms with Crippen LogP contribution in [0.2, 0.25) is 0 Å². The average molecular weight is 255 g/mol. The number of nitrogens with one attached hydrogen (secondary N) is 1. The molecule has 0 aliphatic carbocycles. The molecular weight excluding hydrogens is 234 g/mol. The van der Waals surface area contributed by atoms with Crippen LogP contribution in [0.3, 0.4) is 0 Å². The van der Waals surface area contributed by atoms with Gasteiger partial charge in [0.2, 0.25) is 5.91 Å². The lowest BCUT2D eigenvalue weighted by Crippen LogP contribution is -2.34. The van der Waals surface area contributed by atoms with Crippen molar-refractivity contribution in [3.63, 3.8) is 0 Å².